The molecule has 0 saturated heterocycles. The Labute approximate surface area is 142 Å². The summed E-state index contributed by atoms with van der Waals surface area (Å²) < 4.78 is 0. The number of rotatable bonds is 6. The summed E-state index contributed by atoms with van der Waals surface area (Å²) >= 11 is 2.97. The molecule has 4 nitrogen and oxygen atoms in total. The fraction of sp³-hybridized carbons (Fsp3) is 0.0588. The van der Waals surface area contributed by atoms with Crippen LogP contribution >= 0.6 is 22.7 Å². The number of aromatic nitrogens is 1. The Kier molecular flexibility index (Phi) is 4.85. The van der Waals surface area contributed by atoms with E-state index in [2.05, 4.69) is 22.2 Å². The molecule has 0 radical (unpaired) electrons. The van der Waals surface area contributed by atoms with E-state index >= 15 is 0 Å². The third kappa shape index (κ3) is 3.85. The van der Waals surface area contributed by atoms with Gasteiger partial charge in [0.05, 0.1) is 10.6 Å². The van der Waals surface area contributed by atoms with Gasteiger partial charge in [-0.25, -0.2) is 4.98 Å². The summed E-state index contributed by atoms with van der Waals surface area (Å²) in [6.45, 7) is 4.36. The quantitative estimate of drug-likeness (QED) is 0.638. The number of thiophene rings is 1. The maximum atomic E-state index is 12.1. The number of carbonyl (C=O) groups excluding carboxylic acids is 1. The predicted molar refractivity (Wildman–Crippen MR) is 98.5 cm³/mol. The Balaban J connectivity index is 1.75. The van der Waals surface area contributed by atoms with Gasteiger partial charge < -0.3 is 10.6 Å². The van der Waals surface area contributed by atoms with E-state index in [1.165, 1.54) is 11.3 Å². The van der Waals surface area contributed by atoms with Crippen molar-refractivity contribution in [2.24, 2.45) is 0 Å². The van der Waals surface area contributed by atoms with Crippen molar-refractivity contribution in [3.8, 4) is 11.3 Å². The number of hydrogen-bond donors (Lipinski definition) is 2. The van der Waals surface area contributed by atoms with Gasteiger partial charge in [-0.2, -0.15) is 0 Å². The Hall–Kier alpha value is -2.44. The summed E-state index contributed by atoms with van der Waals surface area (Å²) in [6.07, 6.45) is 1.79. The Bertz CT molecular complexity index is 809. The second kappa shape index (κ2) is 7.21. The highest BCUT2D eigenvalue weighted by Gasteiger charge is 2.09. The zero-order chi connectivity index (χ0) is 16.1. The van der Waals surface area contributed by atoms with Crippen LogP contribution in [0.4, 0.5) is 10.8 Å². The van der Waals surface area contributed by atoms with Gasteiger partial charge in [0.15, 0.2) is 5.13 Å². The molecule has 0 saturated carbocycles. The lowest BCUT2D eigenvalue weighted by atomic mass is 10.1. The molecule has 6 heteroatoms. The molecule has 0 atom stereocenters. The number of nitrogens with one attached hydrogen (secondary N) is 2. The van der Waals surface area contributed by atoms with Crippen LogP contribution in [0.5, 0.6) is 0 Å². The largest absolute Gasteiger partial charge is 0.358 e. The first kappa shape index (κ1) is 15.5. The van der Waals surface area contributed by atoms with Crippen molar-refractivity contribution in [3.63, 3.8) is 0 Å². The molecule has 0 fully saturated rings. The molecule has 3 aromatic rings. The first-order valence-corrected chi connectivity index (χ1v) is 8.78. The summed E-state index contributed by atoms with van der Waals surface area (Å²) in [6, 6.07) is 11.4. The molecule has 1 amide bonds. The van der Waals surface area contributed by atoms with Crippen molar-refractivity contribution < 1.29 is 4.79 Å². The van der Waals surface area contributed by atoms with Gasteiger partial charge in [-0.1, -0.05) is 24.3 Å². The smallest absolute Gasteiger partial charge is 0.265 e. The summed E-state index contributed by atoms with van der Waals surface area (Å²) in [5.74, 6) is -0.0937. The number of anilines is 2. The van der Waals surface area contributed by atoms with E-state index in [1.807, 2.05) is 47.2 Å². The maximum absolute atomic E-state index is 12.1. The lowest BCUT2D eigenvalue weighted by Crippen LogP contribution is -2.09. The number of nitrogens with zero attached hydrogens (tertiary/aromatic N) is 1. The van der Waals surface area contributed by atoms with Gasteiger partial charge in [0.1, 0.15) is 0 Å². The number of carbonyl (C=O) groups is 1. The van der Waals surface area contributed by atoms with Gasteiger partial charge in [-0.15, -0.1) is 29.3 Å². The average molecular weight is 341 g/mol. The van der Waals surface area contributed by atoms with Crippen molar-refractivity contribution in [1.29, 1.82) is 0 Å². The van der Waals surface area contributed by atoms with Gasteiger partial charge >= 0.3 is 0 Å². The minimum absolute atomic E-state index is 0.0937. The number of hydrogen-bond acceptors (Lipinski definition) is 5. The number of amides is 1. The minimum Gasteiger partial charge on any atom is -0.358 e. The van der Waals surface area contributed by atoms with Crippen LogP contribution in [-0.2, 0) is 0 Å². The molecule has 0 aliphatic heterocycles. The molecule has 0 bridgehead atoms. The summed E-state index contributed by atoms with van der Waals surface area (Å²) in [4.78, 5) is 17.3. The highest BCUT2D eigenvalue weighted by atomic mass is 32.1. The van der Waals surface area contributed by atoms with E-state index in [0.717, 1.165) is 22.1 Å². The number of thiazole rings is 1. The maximum Gasteiger partial charge on any atom is 0.265 e. The lowest BCUT2D eigenvalue weighted by Gasteiger charge is -2.05. The molecule has 0 aliphatic rings. The standard InChI is InChI=1S/C17H15N3OS2/c1-2-8-18-17-20-14(11-23-17)12-5-3-6-13(10-12)19-16(21)15-7-4-9-22-15/h2-7,9-11H,1,8H2,(H,18,20)(H,19,21). The average Bonchev–Trinajstić information content (AvgIpc) is 3.25. The first-order valence-electron chi connectivity index (χ1n) is 7.02. The first-order chi connectivity index (χ1) is 11.3. The van der Waals surface area contributed by atoms with Crippen LogP contribution in [-0.4, -0.2) is 17.4 Å². The molecule has 2 heterocycles. The summed E-state index contributed by atoms with van der Waals surface area (Å²) in [7, 11) is 0. The number of benzene rings is 1. The monoisotopic (exact) mass is 341 g/mol. The van der Waals surface area contributed by atoms with Gasteiger partial charge in [0.25, 0.3) is 5.91 Å². The zero-order valence-corrected chi connectivity index (χ0v) is 13.9. The summed E-state index contributed by atoms with van der Waals surface area (Å²) in [5, 5.41) is 10.8. The van der Waals surface area contributed by atoms with Crippen LogP contribution in [0.2, 0.25) is 0 Å². The molecule has 3 rings (SSSR count). The molecule has 116 valence electrons. The molecule has 1 aromatic carbocycles. The molecule has 2 N–H and O–H groups in total. The molecule has 0 aliphatic carbocycles. The van der Waals surface area contributed by atoms with E-state index in [0.29, 0.717) is 11.4 Å². The van der Waals surface area contributed by atoms with Crippen LogP contribution in [0.1, 0.15) is 9.67 Å². The Morgan fingerprint density at radius 1 is 1.26 bits per heavy atom. The van der Waals surface area contributed by atoms with Gasteiger partial charge in [0, 0.05) is 23.2 Å². The van der Waals surface area contributed by atoms with Crippen molar-refractivity contribution in [2.45, 2.75) is 0 Å². The third-order valence-electron chi connectivity index (χ3n) is 3.06. The molecule has 23 heavy (non-hydrogen) atoms. The van der Waals surface area contributed by atoms with Crippen molar-refractivity contribution in [1.82, 2.24) is 4.98 Å². The zero-order valence-electron chi connectivity index (χ0n) is 12.3. The second-order valence-corrected chi connectivity index (χ2v) is 6.53. The molecule has 2 aromatic heterocycles. The van der Waals surface area contributed by atoms with E-state index in [1.54, 1.807) is 17.4 Å². The van der Waals surface area contributed by atoms with Crippen LogP contribution in [0.3, 0.4) is 0 Å². The van der Waals surface area contributed by atoms with Crippen LogP contribution in [0, 0.1) is 0 Å². The summed E-state index contributed by atoms with van der Waals surface area (Å²) in [5.41, 5.74) is 2.61. The molecular weight excluding hydrogens is 326 g/mol. The van der Waals surface area contributed by atoms with Crippen LogP contribution in [0.15, 0.2) is 59.8 Å². The van der Waals surface area contributed by atoms with Crippen molar-refractivity contribution in [2.75, 3.05) is 17.2 Å². The van der Waals surface area contributed by atoms with Gasteiger partial charge in [0.2, 0.25) is 0 Å². The lowest BCUT2D eigenvalue weighted by molar-refractivity contribution is 0.103. The van der Waals surface area contributed by atoms with E-state index < -0.39 is 0 Å². The normalized spacial score (nSPS) is 10.3. The van der Waals surface area contributed by atoms with Gasteiger partial charge in [-0.3, -0.25) is 4.79 Å². The van der Waals surface area contributed by atoms with E-state index in [4.69, 9.17) is 0 Å². The predicted octanol–water partition coefficient (Wildman–Crippen LogP) is 4.72. The van der Waals surface area contributed by atoms with E-state index in [-0.39, 0.29) is 5.91 Å². The van der Waals surface area contributed by atoms with Gasteiger partial charge in [-0.05, 0) is 23.6 Å². The highest BCUT2D eigenvalue weighted by molar-refractivity contribution is 7.14. The van der Waals surface area contributed by atoms with Crippen molar-refractivity contribution >= 4 is 39.4 Å². The van der Waals surface area contributed by atoms with Crippen LogP contribution < -0.4 is 10.6 Å². The van der Waals surface area contributed by atoms with Crippen LogP contribution in [0.25, 0.3) is 11.3 Å². The fourth-order valence-electron chi connectivity index (χ4n) is 2.00. The minimum atomic E-state index is -0.0937. The molecule has 0 spiro atoms. The highest BCUT2D eigenvalue weighted by Crippen LogP contribution is 2.27. The molecular formula is C17H15N3OS2. The molecule has 0 unspecified atom stereocenters. The Morgan fingerprint density at radius 2 is 2.17 bits per heavy atom. The fourth-order valence-corrected chi connectivity index (χ4v) is 3.35. The Morgan fingerprint density at radius 3 is 2.96 bits per heavy atom. The van der Waals surface area contributed by atoms with Crippen molar-refractivity contribution in [3.05, 3.63) is 64.7 Å². The second-order valence-electron chi connectivity index (χ2n) is 4.72. The van der Waals surface area contributed by atoms with E-state index in [9.17, 15) is 4.79 Å². The topological polar surface area (TPSA) is 54.0 Å². The SMILES string of the molecule is C=CCNc1nc(-c2cccc(NC(=O)c3cccs3)c2)cs1. The third-order valence-corrected chi connectivity index (χ3v) is 4.73.